The number of carbonyl (C=O) groups excluding carboxylic acids is 1. The van der Waals surface area contributed by atoms with Crippen molar-refractivity contribution in [1.82, 2.24) is 14.7 Å². The highest BCUT2D eigenvalue weighted by atomic mass is 35.5. The van der Waals surface area contributed by atoms with Crippen molar-refractivity contribution in [3.8, 4) is 17.0 Å². The van der Waals surface area contributed by atoms with Gasteiger partial charge in [-0.1, -0.05) is 11.6 Å². The van der Waals surface area contributed by atoms with E-state index in [1.165, 1.54) is 4.68 Å². The molecule has 2 heterocycles. The Morgan fingerprint density at radius 3 is 2.61 bits per heavy atom. The fourth-order valence-corrected chi connectivity index (χ4v) is 3.78. The van der Waals surface area contributed by atoms with Gasteiger partial charge in [-0.2, -0.15) is 5.10 Å². The first-order chi connectivity index (χ1) is 14.7. The normalized spacial score (nSPS) is 12.0. The topological polar surface area (TPSA) is 84.7 Å². The lowest BCUT2D eigenvalue weighted by Gasteiger charge is -2.22. The van der Waals surface area contributed by atoms with E-state index in [4.69, 9.17) is 16.3 Å². The molecule has 31 heavy (non-hydrogen) atoms. The van der Waals surface area contributed by atoms with E-state index in [0.29, 0.717) is 33.7 Å². The average molecular weight is 448 g/mol. The van der Waals surface area contributed by atoms with Crippen LogP contribution in [0.3, 0.4) is 0 Å². The third-order valence-corrected chi connectivity index (χ3v) is 5.06. The van der Waals surface area contributed by atoms with Crippen LogP contribution in [0.25, 0.3) is 11.3 Å². The summed E-state index contributed by atoms with van der Waals surface area (Å²) in [6.07, 6.45) is 0. The van der Waals surface area contributed by atoms with Crippen molar-refractivity contribution in [3.63, 3.8) is 0 Å². The molecule has 1 aliphatic heterocycles. The Hall–Kier alpha value is -3.46. The van der Waals surface area contributed by atoms with Crippen molar-refractivity contribution < 1.29 is 28.2 Å². The zero-order chi connectivity index (χ0) is 22.3. The summed E-state index contributed by atoms with van der Waals surface area (Å²) >= 11 is 6.10. The van der Waals surface area contributed by atoms with Crippen LogP contribution in [0, 0.1) is 11.6 Å². The van der Waals surface area contributed by atoms with Crippen molar-refractivity contribution in [1.29, 1.82) is 0 Å². The van der Waals surface area contributed by atoms with Gasteiger partial charge in [0.1, 0.15) is 30.5 Å². The highest BCUT2D eigenvalue weighted by Crippen LogP contribution is 2.40. The summed E-state index contributed by atoms with van der Waals surface area (Å²) in [5.74, 6) is -3.04. The van der Waals surface area contributed by atoms with Gasteiger partial charge in [0, 0.05) is 35.8 Å². The molecule has 2 aromatic carbocycles. The van der Waals surface area contributed by atoms with E-state index in [0.717, 1.165) is 17.0 Å². The first-order valence-corrected chi connectivity index (χ1v) is 9.55. The molecule has 0 aliphatic carbocycles. The molecule has 0 bridgehead atoms. The van der Waals surface area contributed by atoms with Gasteiger partial charge in [0.2, 0.25) is 0 Å². The third-order valence-electron chi connectivity index (χ3n) is 4.83. The van der Waals surface area contributed by atoms with E-state index in [2.05, 4.69) is 5.10 Å². The number of rotatable bonds is 5. The predicted octanol–water partition coefficient (Wildman–Crippen LogP) is 3.64. The fourth-order valence-electron chi connectivity index (χ4n) is 3.61. The Balaban J connectivity index is 1.73. The van der Waals surface area contributed by atoms with Crippen LogP contribution in [0.1, 0.15) is 21.6 Å². The van der Waals surface area contributed by atoms with E-state index in [9.17, 15) is 23.5 Å². The molecule has 7 nitrogen and oxygen atoms in total. The number of carboxylic acid groups (broad SMARTS) is 1. The molecular weight excluding hydrogens is 432 g/mol. The molecule has 0 atom stereocenters. The van der Waals surface area contributed by atoms with E-state index < -0.39 is 30.1 Å². The molecule has 0 saturated heterocycles. The van der Waals surface area contributed by atoms with Crippen molar-refractivity contribution in [2.24, 2.45) is 7.05 Å². The lowest BCUT2D eigenvalue weighted by molar-refractivity contribution is -0.137. The van der Waals surface area contributed by atoms with E-state index in [1.54, 1.807) is 25.2 Å². The van der Waals surface area contributed by atoms with Crippen molar-refractivity contribution in [2.75, 3.05) is 6.54 Å². The van der Waals surface area contributed by atoms with E-state index in [1.807, 2.05) is 0 Å². The minimum atomic E-state index is -1.27. The van der Waals surface area contributed by atoms with Gasteiger partial charge < -0.3 is 14.7 Å². The van der Waals surface area contributed by atoms with Gasteiger partial charge in [-0.25, -0.2) is 8.78 Å². The number of aryl methyl sites for hydroxylation is 1. The van der Waals surface area contributed by atoms with Gasteiger partial charge in [0.05, 0.1) is 5.69 Å². The van der Waals surface area contributed by atoms with Crippen LogP contribution < -0.4 is 4.74 Å². The van der Waals surface area contributed by atoms with Crippen LogP contribution >= 0.6 is 11.6 Å². The molecule has 1 amide bonds. The van der Waals surface area contributed by atoms with Crippen LogP contribution in [0.2, 0.25) is 5.02 Å². The molecule has 0 unspecified atom stereocenters. The summed E-state index contributed by atoms with van der Waals surface area (Å²) in [6.45, 7) is -0.936. The fraction of sp³-hybridized carbons (Fsp3) is 0.190. The lowest BCUT2D eigenvalue weighted by atomic mass is 10.0. The minimum Gasteiger partial charge on any atom is -0.488 e. The Labute approximate surface area is 180 Å². The standard InChI is InChI=1S/C21H16ClF2N3O4/c1-26-20-15-6-12(22)2-3-17(15)31-10-16(20)19(25-26)21(30)27(9-18(28)29)8-11-4-13(23)7-14(24)5-11/h2-7H,8-10H2,1H3,(H,28,29). The number of hydrogen-bond acceptors (Lipinski definition) is 4. The molecule has 160 valence electrons. The molecule has 1 aliphatic rings. The Morgan fingerprint density at radius 2 is 1.94 bits per heavy atom. The molecule has 1 aromatic heterocycles. The molecule has 0 fully saturated rings. The smallest absolute Gasteiger partial charge is 0.323 e. The molecule has 3 aromatic rings. The lowest BCUT2D eigenvalue weighted by Crippen LogP contribution is -2.36. The first-order valence-electron chi connectivity index (χ1n) is 9.17. The number of carbonyl (C=O) groups is 2. The first kappa shape index (κ1) is 20.8. The van der Waals surface area contributed by atoms with Gasteiger partial charge in [-0.3, -0.25) is 14.3 Å². The van der Waals surface area contributed by atoms with Crippen LogP contribution in [0.4, 0.5) is 8.78 Å². The van der Waals surface area contributed by atoms with E-state index >= 15 is 0 Å². The summed E-state index contributed by atoms with van der Waals surface area (Å²) in [7, 11) is 1.65. The second-order valence-electron chi connectivity index (χ2n) is 7.06. The quantitative estimate of drug-likeness (QED) is 0.645. The van der Waals surface area contributed by atoms with Gasteiger partial charge in [0.25, 0.3) is 5.91 Å². The van der Waals surface area contributed by atoms with Gasteiger partial charge in [0.15, 0.2) is 5.69 Å². The number of ether oxygens (including phenoxy) is 1. The minimum absolute atomic E-state index is 0.00116. The summed E-state index contributed by atoms with van der Waals surface area (Å²) < 4.78 is 34.4. The zero-order valence-corrected chi connectivity index (χ0v) is 17.0. The molecule has 0 spiro atoms. The number of hydrogen-bond donors (Lipinski definition) is 1. The predicted molar refractivity (Wildman–Crippen MR) is 107 cm³/mol. The maximum atomic E-state index is 13.6. The summed E-state index contributed by atoms with van der Waals surface area (Å²) in [6, 6.07) is 7.86. The van der Waals surface area contributed by atoms with Crippen LogP contribution in [0.15, 0.2) is 36.4 Å². The molecule has 0 saturated carbocycles. The number of nitrogens with zero attached hydrogens (tertiary/aromatic N) is 3. The summed E-state index contributed by atoms with van der Waals surface area (Å²) in [5.41, 5.74) is 1.87. The zero-order valence-electron chi connectivity index (χ0n) is 16.2. The van der Waals surface area contributed by atoms with Crippen molar-refractivity contribution in [2.45, 2.75) is 13.2 Å². The average Bonchev–Trinajstić information content (AvgIpc) is 3.02. The second kappa shape index (κ2) is 7.99. The monoisotopic (exact) mass is 447 g/mol. The number of aliphatic carboxylic acids is 1. The van der Waals surface area contributed by atoms with Gasteiger partial charge >= 0.3 is 5.97 Å². The number of amides is 1. The summed E-state index contributed by atoms with van der Waals surface area (Å²) in [5, 5.41) is 14.0. The van der Waals surface area contributed by atoms with Crippen LogP contribution in [0.5, 0.6) is 5.75 Å². The maximum Gasteiger partial charge on any atom is 0.323 e. The second-order valence-corrected chi connectivity index (χ2v) is 7.50. The number of fused-ring (bicyclic) bond motifs is 3. The van der Waals surface area contributed by atoms with Crippen LogP contribution in [-0.2, 0) is 25.0 Å². The molecule has 4 rings (SSSR count). The highest BCUT2D eigenvalue weighted by molar-refractivity contribution is 6.31. The Kier molecular flexibility index (Phi) is 5.36. The number of carboxylic acids is 1. The highest BCUT2D eigenvalue weighted by Gasteiger charge is 2.31. The van der Waals surface area contributed by atoms with E-state index in [-0.39, 0.29) is 24.4 Å². The molecule has 1 N–H and O–H groups in total. The number of aromatic nitrogens is 2. The van der Waals surface area contributed by atoms with Crippen molar-refractivity contribution >= 4 is 23.5 Å². The molecular formula is C21H16ClF2N3O4. The van der Waals surface area contributed by atoms with Crippen molar-refractivity contribution in [3.05, 3.63) is 69.9 Å². The number of benzene rings is 2. The SMILES string of the molecule is Cn1nc(C(=O)N(CC(=O)O)Cc2cc(F)cc(F)c2)c2c1-c1cc(Cl)ccc1OC2. The molecule has 0 radical (unpaired) electrons. The Bertz CT molecular complexity index is 1190. The van der Waals surface area contributed by atoms with Gasteiger partial charge in [-0.05, 0) is 35.9 Å². The summed E-state index contributed by atoms with van der Waals surface area (Å²) in [4.78, 5) is 25.6. The van der Waals surface area contributed by atoms with Gasteiger partial charge in [-0.15, -0.1) is 0 Å². The number of halogens is 3. The van der Waals surface area contributed by atoms with Crippen LogP contribution in [-0.4, -0.2) is 38.2 Å². The third kappa shape index (κ3) is 4.09. The maximum absolute atomic E-state index is 13.6. The Morgan fingerprint density at radius 1 is 1.23 bits per heavy atom. The largest absolute Gasteiger partial charge is 0.488 e. The molecule has 10 heteroatoms.